The van der Waals surface area contributed by atoms with E-state index in [1.807, 2.05) is 0 Å². The van der Waals surface area contributed by atoms with E-state index < -0.39 is 216 Å². The van der Waals surface area contributed by atoms with Gasteiger partial charge in [-0.05, 0) is 81.0 Å². The SMILES string of the molecule is N#Cc1ccc(C2=CC3=C(C=C(c4ccc(C#N)c(F)c4)C3=C(c3c(F)c(F)c(C#N)c(F)c3F)c3c(F)c(F)c(C#N)c(F)c3F)C2=C(c2c(F)c(F)c(C#N)c(F)c2F)c2c(F)c(F)c(C#N)c(F)c2F)cc1F. The predicted molar refractivity (Wildman–Crippen MR) is 221 cm³/mol. The molecule has 0 aliphatic heterocycles. The first-order chi connectivity index (χ1) is 36.0. The van der Waals surface area contributed by atoms with Crippen LogP contribution in [0.3, 0.4) is 0 Å². The van der Waals surface area contributed by atoms with E-state index in [2.05, 4.69) is 0 Å². The molecule has 0 aromatic heterocycles. The fraction of sp³-hybridized carbons (Fsp3) is 0. The minimum Gasteiger partial charge on any atom is -0.206 e. The van der Waals surface area contributed by atoms with Gasteiger partial charge >= 0.3 is 0 Å². The second-order valence-corrected chi connectivity index (χ2v) is 15.5. The molecule has 0 heterocycles. The number of halogens is 18. The molecule has 6 nitrogen and oxygen atoms in total. The molecule has 24 heteroatoms. The topological polar surface area (TPSA) is 143 Å². The van der Waals surface area contributed by atoms with E-state index in [1.54, 1.807) is 0 Å². The molecule has 0 N–H and O–H groups in total. The Morgan fingerprint density at radius 1 is 0.289 bits per heavy atom. The van der Waals surface area contributed by atoms with Crippen molar-refractivity contribution >= 4 is 22.3 Å². The summed E-state index contributed by atoms with van der Waals surface area (Å²) in [5.41, 5.74) is -34.5. The standard InChI is InChI=1S/C52H8F18N6/c53-27-5-15(1-3-17(27)9-71)19-7-21-22(29(19)31(33-45(63)37(55)23(11-73)38(56)46(33)64)34-47(65)39(57)24(12-74)40(58)48(34)66)8-20(16-2-4-18(10-72)28(54)6-16)30(21)32(35-49(67)41(59)25(13-75)42(60)50(35)68)36-51(69)43(61)26(14-76)44(62)52(36)70/h1-8H. The highest BCUT2D eigenvalue weighted by Crippen LogP contribution is 2.57. The largest absolute Gasteiger partial charge is 0.206 e. The monoisotopic (exact) mass is 1060 g/mol. The molecule has 0 bridgehead atoms. The van der Waals surface area contributed by atoms with Crippen LogP contribution in [0, 0.1) is 173 Å². The Balaban J connectivity index is 1.78. The molecule has 0 radical (unpaired) electrons. The molecule has 8 rings (SSSR count). The van der Waals surface area contributed by atoms with Crippen molar-refractivity contribution in [3.8, 4) is 36.4 Å². The Labute approximate surface area is 410 Å². The Morgan fingerprint density at radius 3 is 0.697 bits per heavy atom. The smallest absolute Gasteiger partial charge is 0.180 e. The Morgan fingerprint density at radius 2 is 0.513 bits per heavy atom. The summed E-state index contributed by atoms with van der Waals surface area (Å²) in [5, 5.41) is 56.5. The van der Waals surface area contributed by atoms with Gasteiger partial charge in [-0.3, -0.25) is 0 Å². The molecule has 0 saturated carbocycles. The summed E-state index contributed by atoms with van der Waals surface area (Å²) in [6.07, 6.45) is 0.669. The quantitative estimate of drug-likeness (QED) is 0.120. The maximum absolute atomic E-state index is 16.7. The van der Waals surface area contributed by atoms with E-state index >= 15 is 79.0 Å². The highest BCUT2D eigenvalue weighted by Gasteiger charge is 2.44. The van der Waals surface area contributed by atoms with Gasteiger partial charge in [-0.15, -0.1) is 0 Å². The van der Waals surface area contributed by atoms with Crippen LogP contribution >= 0.6 is 0 Å². The lowest BCUT2D eigenvalue weighted by Gasteiger charge is -2.22. The summed E-state index contributed by atoms with van der Waals surface area (Å²) in [5.74, 6) is -47.9. The van der Waals surface area contributed by atoms with Gasteiger partial charge in [-0.2, -0.15) is 31.6 Å². The number of nitrogens with zero attached hydrogens (tertiary/aromatic N) is 6. The molecule has 6 aromatic rings. The van der Waals surface area contributed by atoms with Crippen molar-refractivity contribution in [2.24, 2.45) is 0 Å². The first-order valence-corrected chi connectivity index (χ1v) is 20.1. The summed E-state index contributed by atoms with van der Waals surface area (Å²) >= 11 is 0. The Bertz CT molecular complexity index is 3670. The molecule has 0 unspecified atom stereocenters. The second kappa shape index (κ2) is 19.0. The van der Waals surface area contributed by atoms with Gasteiger partial charge < -0.3 is 0 Å². The van der Waals surface area contributed by atoms with E-state index in [0.29, 0.717) is 36.4 Å². The number of hydrogen-bond donors (Lipinski definition) is 0. The van der Waals surface area contributed by atoms with Crippen molar-refractivity contribution in [3.05, 3.63) is 242 Å². The lowest BCUT2D eigenvalue weighted by Crippen LogP contribution is -2.14. The maximum atomic E-state index is 16.7. The van der Waals surface area contributed by atoms with Gasteiger partial charge in [-0.25, -0.2) is 79.0 Å². The van der Waals surface area contributed by atoms with E-state index in [0.717, 1.165) is 24.3 Å². The molecular formula is C52H8F18N6. The third-order valence-electron chi connectivity index (χ3n) is 11.7. The molecule has 76 heavy (non-hydrogen) atoms. The van der Waals surface area contributed by atoms with E-state index in [4.69, 9.17) is 0 Å². The van der Waals surface area contributed by atoms with Gasteiger partial charge in [0.05, 0.1) is 33.4 Å². The predicted octanol–water partition coefficient (Wildman–Crippen LogP) is 13.2. The van der Waals surface area contributed by atoms with E-state index in [1.165, 1.54) is 12.1 Å². The average Bonchev–Trinajstić information content (AvgIpc) is 4.03. The number of nitriles is 6. The van der Waals surface area contributed by atoms with Crippen molar-refractivity contribution in [1.82, 2.24) is 0 Å². The van der Waals surface area contributed by atoms with E-state index in [-0.39, 0.29) is 12.1 Å². The summed E-state index contributed by atoms with van der Waals surface area (Å²) < 4.78 is 291. The van der Waals surface area contributed by atoms with E-state index in [9.17, 15) is 31.6 Å². The minimum absolute atomic E-state index is 0.282. The molecule has 2 aliphatic carbocycles. The molecule has 0 saturated heterocycles. The van der Waals surface area contributed by atoms with Gasteiger partial charge in [0.15, 0.2) is 93.1 Å². The zero-order chi connectivity index (χ0) is 55.8. The molecule has 372 valence electrons. The van der Waals surface area contributed by atoms with Gasteiger partial charge in [-0.1, -0.05) is 12.1 Å². The molecular weight excluding hydrogens is 1050 g/mol. The third-order valence-corrected chi connectivity index (χ3v) is 11.7. The average molecular weight is 1060 g/mol. The molecule has 2 aliphatic rings. The summed E-state index contributed by atoms with van der Waals surface area (Å²) in [6.45, 7) is 0. The molecule has 0 atom stereocenters. The number of hydrogen-bond acceptors (Lipinski definition) is 6. The van der Waals surface area contributed by atoms with Crippen molar-refractivity contribution in [3.63, 3.8) is 0 Å². The van der Waals surface area contributed by atoms with Gasteiger partial charge in [0.1, 0.15) is 70.3 Å². The highest BCUT2D eigenvalue weighted by molar-refractivity contribution is 6.13. The van der Waals surface area contributed by atoms with Crippen molar-refractivity contribution in [1.29, 1.82) is 31.6 Å². The van der Waals surface area contributed by atoms with Crippen LogP contribution < -0.4 is 0 Å². The fourth-order valence-corrected chi connectivity index (χ4v) is 8.38. The molecule has 6 aromatic carbocycles. The van der Waals surface area contributed by atoms with Crippen LogP contribution in [-0.2, 0) is 0 Å². The van der Waals surface area contributed by atoms with Crippen LogP contribution in [0.4, 0.5) is 79.0 Å². The van der Waals surface area contributed by atoms with Crippen LogP contribution in [0.1, 0.15) is 66.8 Å². The van der Waals surface area contributed by atoms with Crippen molar-refractivity contribution in [2.75, 3.05) is 0 Å². The Hall–Kier alpha value is -10.3. The van der Waals surface area contributed by atoms with Crippen LogP contribution in [0.5, 0.6) is 0 Å². The third kappa shape index (κ3) is 7.42. The second-order valence-electron chi connectivity index (χ2n) is 15.5. The first kappa shape index (κ1) is 52.0. The lowest BCUT2D eigenvalue weighted by molar-refractivity contribution is 0.440. The minimum atomic E-state index is -2.87. The van der Waals surface area contributed by atoms with Crippen LogP contribution in [0.15, 0.2) is 70.8 Å². The van der Waals surface area contributed by atoms with Crippen LogP contribution in [0.25, 0.3) is 22.3 Å². The summed E-state index contributed by atoms with van der Waals surface area (Å²) in [4.78, 5) is 0. The van der Waals surface area contributed by atoms with Gasteiger partial charge in [0.2, 0.25) is 0 Å². The van der Waals surface area contributed by atoms with Crippen molar-refractivity contribution < 1.29 is 79.0 Å². The zero-order valence-electron chi connectivity index (χ0n) is 36.1. The number of allylic oxidation sites excluding steroid dienone is 8. The number of rotatable bonds is 6. The number of benzene rings is 6. The van der Waals surface area contributed by atoms with Crippen LogP contribution in [-0.4, -0.2) is 0 Å². The molecule has 0 fully saturated rings. The first-order valence-electron chi connectivity index (χ1n) is 20.1. The summed E-state index contributed by atoms with van der Waals surface area (Å²) in [6, 6.07) is 8.66. The maximum Gasteiger partial charge on any atom is 0.180 e. The van der Waals surface area contributed by atoms with Gasteiger partial charge in [0, 0.05) is 11.1 Å². The molecule has 0 spiro atoms. The highest BCUT2D eigenvalue weighted by atomic mass is 19.2. The Kier molecular flexibility index (Phi) is 13.0. The van der Waals surface area contributed by atoms with Crippen molar-refractivity contribution in [2.45, 2.75) is 0 Å². The van der Waals surface area contributed by atoms with Gasteiger partial charge in [0.25, 0.3) is 0 Å². The summed E-state index contributed by atoms with van der Waals surface area (Å²) in [7, 11) is 0. The fourth-order valence-electron chi connectivity index (χ4n) is 8.38. The zero-order valence-corrected chi connectivity index (χ0v) is 36.1. The normalized spacial score (nSPS) is 12.6. The van der Waals surface area contributed by atoms with Crippen LogP contribution in [0.2, 0.25) is 0 Å². The molecule has 0 amide bonds. The lowest BCUT2D eigenvalue weighted by atomic mass is 9.82.